The van der Waals surface area contributed by atoms with Crippen molar-refractivity contribution in [1.29, 1.82) is 0 Å². The van der Waals surface area contributed by atoms with Crippen molar-refractivity contribution >= 4 is 23.0 Å². The van der Waals surface area contributed by atoms with Crippen molar-refractivity contribution in [1.82, 2.24) is 5.32 Å². The maximum atomic E-state index is 5.32. The molecular formula is C18H20N2S. The molecule has 0 amide bonds. The molecule has 0 aromatic heterocycles. The molecule has 0 spiro atoms. The average Bonchev–Trinajstić information content (AvgIpc) is 2.48. The van der Waals surface area contributed by atoms with Crippen LogP contribution in [0.2, 0.25) is 0 Å². The first kappa shape index (κ1) is 15.3. The summed E-state index contributed by atoms with van der Waals surface area (Å²) in [5.41, 5.74) is 4.60. The van der Waals surface area contributed by atoms with Gasteiger partial charge in [0.1, 0.15) is 0 Å². The van der Waals surface area contributed by atoms with Gasteiger partial charge < -0.3 is 10.6 Å². The van der Waals surface area contributed by atoms with Crippen LogP contribution in [0.15, 0.2) is 66.7 Å². The summed E-state index contributed by atoms with van der Waals surface area (Å²) in [4.78, 5) is 0. The Labute approximate surface area is 131 Å². The molecule has 0 heterocycles. The van der Waals surface area contributed by atoms with Crippen LogP contribution in [0.4, 0.5) is 5.69 Å². The van der Waals surface area contributed by atoms with Crippen LogP contribution in [-0.4, -0.2) is 11.7 Å². The molecule has 0 fully saturated rings. The highest BCUT2D eigenvalue weighted by atomic mass is 32.1. The van der Waals surface area contributed by atoms with E-state index in [9.17, 15) is 0 Å². The monoisotopic (exact) mass is 296 g/mol. The smallest absolute Gasteiger partial charge is 0.171 e. The first-order valence-electron chi connectivity index (χ1n) is 6.96. The Morgan fingerprint density at radius 1 is 1.05 bits per heavy atom. The van der Waals surface area contributed by atoms with Gasteiger partial charge >= 0.3 is 0 Å². The predicted molar refractivity (Wildman–Crippen MR) is 94.7 cm³/mol. The lowest BCUT2D eigenvalue weighted by molar-refractivity contribution is 0.999. The predicted octanol–water partition coefficient (Wildman–Crippen LogP) is 4.14. The van der Waals surface area contributed by atoms with Crippen LogP contribution in [0, 0.1) is 0 Å². The van der Waals surface area contributed by atoms with Crippen LogP contribution in [0.25, 0.3) is 0 Å². The molecular weight excluding hydrogens is 276 g/mol. The van der Waals surface area contributed by atoms with Crippen LogP contribution >= 0.6 is 12.2 Å². The van der Waals surface area contributed by atoms with Crippen molar-refractivity contribution in [3.05, 3.63) is 77.9 Å². The Morgan fingerprint density at radius 2 is 1.71 bits per heavy atom. The SMILES string of the molecule is C=C(C)CNC(=S)Nc1ccccc1Cc1ccccc1. The quantitative estimate of drug-likeness (QED) is 0.640. The van der Waals surface area contributed by atoms with Crippen molar-refractivity contribution in [3.63, 3.8) is 0 Å². The van der Waals surface area contributed by atoms with Crippen molar-refractivity contribution in [2.24, 2.45) is 0 Å². The van der Waals surface area contributed by atoms with Crippen molar-refractivity contribution in [3.8, 4) is 0 Å². The van der Waals surface area contributed by atoms with E-state index in [-0.39, 0.29) is 0 Å². The number of rotatable bonds is 5. The molecule has 0 aliphatic rings. The number of hydrogen-bond acceptors (Lipinski definition) is 1. The second-order valence-corrected chi connectivity index (χ2v) is 5.49. The average molecular weight is 296 g/mol. The van der Waals surface area contributed by atoms with Gasteiger partial charge in [-0.1, -0.05) is 60.7 Å². The van der Waals surface area contributed by atoms with Gasteiger partial charge in [-0.2, -0.15) is 0 Å². The summed E-state index contributed by atoms with van der Waals surface area (Å²) >= 11 is 5.32. The molecule has 0 saturated carbocycles. The van der Waals surface area contributed by atoms with E-state index >= 15 is 0 Å². The zero-order chi connectivity index (χ0) is 15.1. The molecule has 2 nitrogen and oxygen atoms in total. The summed E-state index contributed by atoms with van der Waals surface area (Å²) in [7, 11) is 0. The van der Waals surface area contributed by atoms with Crippen LogP contribution in [0.3, 0.4) is 0 Å². The van der Waals surface area contributed by atoms with Gasteiger partial charge in [-0.25, -0.2) is 0 Å². The fraction of sp³-hybridized carbons (Fsp3) is 0.167. The maximum absolute atomic E-state index is 5.32. The number of para-hydroxylation sites is 1. The second-order valence-electron chi connectivity index (χ2n) is 5.08. The van der Waals surface area contributed by atoms with E-state index in [2.05, 4.69) is 47.5 Å². The van der Waals surface area contributed by atoms with E-state index in [0.717, 1.165) is 17.7 Å². The normalized spacial score (nSPS) is 9.95. The number of hydrogen-bond donors (Lipinski definition) is 2. The molecule has 21 heavy (non-hydrogen) atoms. The third-order valence-corrected chi connectivity index (χ3v) is 3.30. The van der Waals surface area contributed by atoms with Crippen molar-refractivity contribution in [2.75, 3.05) is 11.9 Å². The fourth-order valence-electron chi connectivity index (χ4n) is 2.01. The summed E-state index contributed by atoms with van der Waals surface area (Å²) in [6, 6.07) is 18.7. The van der Waals surface area contributed by atoms with Crippen LogP contribution in [0.1, 0.15) is 18.1 Å². The largest absolute Gasteiger partial charge is 0.359 e. The molecule has 2 aromatic carbocycles. The minimum atomic E-state index is 0.624. The zero-order valence-corrected chi connectivity index (χ0v) is 13.0. The molecule has 108 valence electrons. The Kier molecular flexibility index (Phi) is 5.52. The molecule has 0 radical (unpaired) electrons. The standard InChI is InChI=1S/C18H20N2S/c1-14(2)13-19-18(21)20-17-11-7-6-10-16(17)12-15-8-4-3-5-9-15/h3-11H,1,12-13H2,2H3,(H2,19,20,21). The molecule has 2 aromatic rings. The van der Waals surface area contributed by atoms with E-state index < -0.39 is 0 Å². The van der Waals surface area contributed by atoms with Gasteiger partial charge in [0.15, 0.2) is 5.11 Å². The van der Waals surface area contributed by atoms with Gasteiger partial charge in [0.25, 0.3) is 0 Å². The van der Waals surface area contributed by atoms with Gasteiger partial charge in [-0.3, -0.25) is 0 Å². The summed E-state index contributed by atoms with van der Waals surface area (Å²) < 4.78 is 0. The Balaban J connectivity index is 2.06. The Bertz CT molecular complexity index is 620. The van der Waals surface area contributed by atoms with Gasteiger partial charge in [-0.05, 0) is 42.8 Å². The summed E-state index contributed by atoms with van der Waals surface area (Å²) in [6.07, 6.45) is 0.882. The van der Waals surface area contributed by atoms with Crippen LogP contribution in [0.5, 0.6) is 0 Å². The number of benzene rings is 2. The lowest BCUT2D eigenvalue weighted by Gasteiger charge is -2.14. The summed E-state index contributed by atoms with van der Waals surface area (Å²) in [5.74, 6) is 0. The number of thiocarbonyl (C=S) groups is 1. The second kappa shape index (κ2) is 7.60. The third-order valence-electron chi connectivity index (χ3n) is 3.05. The number of anilines is 1. The molecule has 2 rings (SSSR count). The third kappa shape index (κ3) is 5.04. The topological polar surface area (TPSA) is 24.1 Å². The summed E-state index contributed by atoms with van der Waals surface area (Å²) in [6.45, 7) is 6.52. The first-order chi connectivity index (χ1) is 10.1. The highest BCUT2D eigenvalue weighted by Crippen LogP contribution is 2.19. The molecule has 3 heteroatoms. The minimum Gasteiger partial charge on any atom is -0.359 e. The molecule has 0 atom stereocenters. The van der Waals surface area contributed by atoms with Crippen LogP contribution in [-0.2, 0) is 6.42 Å². The van der Waals surface area contributed by atoms with E-state index in [0.29, 0.717) is 11.7 Å². The number of nitrogens with one attached hydrogen (secondary N) is 2. The van der Waals surface area contributed by atoms with E-state index in [4.69, 9.17) is 12.2 Å². The van der Waals surface area contributed by atoms with Gasteiger partial charge in [0.05, 0.1) is 0 Å². The van der Waals surface area contributed by atoms with Crippen molar-refractivity contribution in [2.45, 2.75) is 13.3 Å². The molecule has 0 unspecified atom stereocenters. The zero-order valence-electron chi connectivity index (χ0n) is 12.2. The Morgan fingerprint density at radius 3 is 2.43 bits per heavy atom. The van der Waals surface area contributed by atoms with Gasteiger partial charge in [0.2, 0.25) is 0 Å². The molecule has 0 aliphatic heterocycles. The maximum Gasteiger partial charge on any atom is 0.171 e. The highest BCUT2D eigenvalue weighted by Gasteiger charge is 2.04. The fourth-order valence-corrected chi connectivity index (χ4v) is 2.19. The van der Waals surface area contributed by atoms with Crippen LogP contribution < -0.4 is 10.6 Å². The molecule has 2 N–H and O–H groups in total. The van der Waals surface area contributed by atoms with Crippen molar-refractivity contribution < 1.29 is 0 Å². The van der Waals surface area contributed by atoms with E-state index in [1.54, 1.807) is 0 Å². The first-order valence-corrected chi connectivity index (χ1v) is 7.37. The lowest BCUT2D eigenvalue weighted by atomic mass is 10.0. The Hall–Kier alpha value is -2.13. The van der Waals surface area contributed by atoms with E-state index in [1.807, 2.05) is 31.2 Å². The molecule has 0 aliphatic carbocycles. The minimum absolute atomic E-state index is 0.624. The van der Waals surface area contributed by atoms with E-state index in [1.165, 1.54) is 11.1 Å². The van der Waals surface area contributed by atoms with Gasteiger partial charge in [0, 0.05) is 12.2 Å². The highest BCUT2D eigenvalue weighted by molar-refractivity contribution is 7.80. The molecule has 0 saturated heterocycles. The molecule has 0 bridgehead atoms. The summed E-state index contributed by atoms with van der Waals surface area (Å²) in [5, 5.41) is 7.03. The van der Waals surface area contributed by atoms with Gasteiger partial charge in [-0.15, -0.1) is 0 Å². The lowest BCUT2D eigenvalue weighted by Crippen LogP contribution is -2.29.